The van der Waals surface area contributed by atoms with Gasteiger partial charge in [0.2, 0.25) is 0 Å². The van der Waals surface area contributed by atoms with Gasteiger partial charge in [-0.2, -0.15) is 5.10 Å². The van der Waals surface area contributed by atoms with Gasteiger partial charge >= 0.3 is 0 Å². The molecule has 0 atom stereocenters. The first-order chi connectivity index (χ1) is 15.9. The monoisotopic (exact) mass is 459 g/mol. The summed E-state index contributed by atoms with van der Waals surface area (Å²) >= 11 is 0. The normalized spacial score (nSPS) is 16.2. The molecule has 1 saturated heterocycles. The number of ether oxygens (including phenoxy) is 1. The van der Waals surface area contributed by atoms with E-state index in [4.69, 9.17) is 10.5 Å². The third-order valence-corrected chi connectivity index (χ3v) is 5.66. The van der Waals surface area contributed by atoms with Gasteiger partial charge in [0.15, 0.2) is 11.5 Å². The lowest BCUT2D eigenvalue weighted by Gasteiger charge is -2.14. The minimum Gasteiger partial charge on any atom is -0.495 e. The number of anilines is 1. The van der Waals surface area contributed by atoms with Crippen molar-refractivity contribution in [3.63, 3.8) is 0 Å². The third-order valence-electron chi connectivity index (χ3n) is 5.66. The van der Waals surface area contributed by atoms with E-state index >= 15 is 0 Å². The molecule has 0 aromatic carbocycles. The van der Waals surface area contributed by atoms with Crippen LogP contribution in [0.25, 0.3) is 17.0 Å². The van der Waals surface area contributed by atoms with Crippen molar-refractivity contribution >= 4 is 17.4 Å². The summed E-state index contributed by atoms with van der Waals surface area (Å²) in [5.74, 6) is -0.238. The van der Waals surface area contributed by atoms with Gasteiger partial charge in [0, 0.05) is 19.0 Å². The first kappa shape index (κ1) is 22.8. The number of carbonyl (C=O) groups is 1. The van der Waals surface area contributed by atoms with Gasteiger partial charge in [0.25, 0.3) is 5.91 Å². The van der Waals surface area contributed by atoms with Gasteiger partial charge in [-0.05, 0) is 44.8 Å². The van der Waals surface area contributed by atoms with Gasteiger partial charge in [0.1, 0.15) is 34.8 Å². The number of nitrogens with zero attached hydrogens (tertiary/aromatic N) is 4. The number of halogens is 2. The van der Waals surface area contributed by atoms with E-state index in [-0.39, 0.29) is 17.1 Å². The molecule has 1 aliphatic heterocycles. The van der Waals surface area contributed by atoms with E-state index in [1.807, 2.05) is 0 Å². The molecule has 33 heavy (non-hydrogen) atoms. The van der Waals surface area contributed by atoms with Crippen LogP contribution in [0.2, 0.25) is 0 Å². The Labute approximate surface area is 189 Å². The lowest BCUT2D eigenvalue weighted by molar-refractivity contribution is 0.0963. The van der Waals surface area contributed by atoms with E-state index in [9.17, 15) is 13.6 Å². The van der Waals surface area contributed by atoms with Crippen molar-refractivity contribution in [3.05, 3.63) is 35.4 Å². The number of amides is 1. The average molecular weight is 460 g/mol. The third kappa shape index (κ3) is 4.87. The van der Waals surface area contributed by atoms with Gasteiger partial charge in [-0.25, -0.2) is 23.3 Å². The number of nitrogens with two attached hydrogens (primary N) is 1. The molecule has 1 aliphatic carbocycles. The quantitative estimate of drug-likeness (QED) is 0.548. The summed E-state index contributed by atoms with van der Waals surface area (Å²) < 4.78 is 33.7. The van der Waals surface area contributed by atoms with Crippen molar-refractivity contribution in [2.24, 2.45) is 0 Å². The number of fused-ring (bicyclic) bond motifs is 1. The molecule has 0 bridgehead atoms. The molecule has 176 valence electrons. The Hall–Kier alpha value is -3.34. The number of hydrogen-bond acceptors (Lipinski definition) is 7. The van der Waals surface area contributed by atoms with Crippen LogP contribution in [0.3, 0.4) is 0 Å². The van der Waals surface area contributed by atoms with E-state index in [2.05, 4.69) is 25.7 Å². The second-order valence-electron chi connectivity index (χ2n) is 8.04. The zero-order valence-corrected chi connectivity index (χ0v) is 18.6. The maximum atomic E-state index is 14.6. The Kier molecular flexibility index (Phi) is 6.68. The van der Waals surface area contributed by atoms with Crippen LogP contribution in [0.5, 0.6) is 5.75 Å². The molecular formula is C22H27F2N7O2. The predicted octanol–water partition coefficient (Wildman–Crippen LogP) is 2.47. The number of methoxy groups -OCH3 is 1. The van der Waals surface area contributed by atoms with E-state index in [0.717, 1.165) is 37.7 Å². The standard InChI is InChI=1S/C17H17FN6O2.C5H10FN/c1-20-17(25)9-5-10(18)15(22-16(9)19)11-7-21-13-6-12(26-2)14(8-3-4-8)23-24(11)13;6-5-1-3-7-4-2-5/h5-8H,3-4H2,1-2H3,(H2,19,22)(H,20,25);5,7H,1-4H2. The second-order valence-corrected chi connectivity index (χ2v) is 8.04. The Morgan fingerprint density at radius 1 is 1.27 bits per heavy atom. The highest BCUT2D eigenvalue weighted by atomic mass is 19.1. The summed E-state index contributed by atoms with van der Waals surface area (Å²) in [4.78, 5) is 20.1. The number of hydrogen-bond donors (Lipinski definition) is 3. The molecule has 0 spiro atoms. The van der Waals surface area contributed by atoms with Crippen LogP contribution in [0.1, 0.15) is 47.7 Å². The number of imidazole rings is 1. The number of nitrogen functional groups attached to an aromatic ring is 1. The number of piperidine rings is 1. The Morgan fingerprint density at radius 3 is 2.58 bits per heavy atom. The molecule has 4 heterocycles. The lowest BCUT2D eigenvalue weighted by atomic mass is 10.1. The van der Waals surface area contributed by atoms with Crippen molar-refractivity contribution in [2.75, 3.05) is 33.0 Å². The summed E-state index contributed by atoms with van der Waals surface area (Å²) in [5, 5.41) is 10.1. The fourth-order valence-corrected chi connectivity index (χ4v) is 3.66. The first-order valence-corrected chi connectivity index (χ1v) is 10.9. The van der Waals surface area contributed by atoms with Crippen molar-refractivity contribution < 1.29 is 18.3 Å². The first-order valence-electron chi connectivity index (χ1n) is 10.9. The predicted molar refractivity (Wildman–Crippen MR) is 120 cm³/mol. The Balaban J connectivity index is 0.000000318. The molecule has 0 unspecified atom stereocenters. The topological polar surface area (TPSA) is 119 Å². The molecule has 3 aromatic heterocycles. The van der Waals surface area contributed by atoms with Crippen LogP contribution in [-0.4, -0.2) is 58.9 Å². The summed E-state index contributed by atoms with van der Waals surface area (Å²) in [6.07, 6.45) is 4.45. The minimum atomic E-state index is -0.676. The molecule has 2 aliphatic rings. The fourth-order valence-electron chi connectivity index (χ4n) is 3.66. The van der Waals surface area contributed by atoms with Crippen molar-refractivity contribution in [1.82, 2.24) is 30.2 Å². The molecule has 3 aromatic rings. The van der Waals surface area contributed by atoms with Crippen LogP contribution in [-0.2, 0) is 0 Å². The van der Waals surface area contributed by atoms with Crippen molar-refractivity contribution in [1.29, 1.82) is 0 Å². The Morgan fingerprint density at radius 2 is 2.00 bits per heavy atom. The number of pyridine rings is 1. The summed E-state index contributed by atoms with van der Waals surface area (Å²) in [6.45, 7) is 1.72. The van der Waals surface area contributed by atoms with Gasteiger partial charge in [-0.1, -0.05) is 0 Å². The number of alkyl halides is 1. The highest BCUT2D eigenvalue weighted by Crippen LogP contribution is 2.43. The van der Waals surface area contributed by atoms with Gasteiger partial charge in [0.05, 0.1) is 18.9 Å². The van der Waals surface area contributed by atoms with Gasteiger partial charge in [-0.3, -0.25) is 4.79 Å². The molecule has 9 nitrogen and oxygen atoms in total. The molecule has 1 saturated carbocycles. The zero-order chi connectivity index (χ0) is 23.5. The largest absolute Gasteiger partial charge is 0.495 e. The molecule has 0 radical (unpaired) electrons. The average Bonchev–Trinajstić information content (AvgIpc) is 3.59. The number of nitrogens with one attached hydrogen (secondary N) is 2. The maximum absolute atomic E-state index is 14.6. The Bertz CT molecular complexity index is 1160. The van der Waals surface area contributed by atoms with E-state index < -0.39 is 17.9 Å². The molecule has 5 rings (SSSR count). The number of carbonyl (C=O) groups excluding carboxylic acids is 1. The maximum Gasteiger partial charge on any atom is 0.254 e. The highest BCUT2D eigenvalue weighted by Gasteiger charge is 2.30. The van der Waals surface area contributed by atoms with Crippen molar-refractivity contribution in [2.45, 2.75) is 37.8 Å². The smallest absolute Gasteiger partial charge is 0.254 e. The number of aromatic nitrogens is 4. The van der Waals surface area contributed by atoms with Gasteiger partial charge in [-0.15, -0.1) is 0 Å². The minimum absolute atomic E-state index is 0.0120. The van der Waals surface area contributed by atoms with Crippen LogP contribution in [0.4, 0.5) is 14.6 Å². The van der Waals surface area contributed by atoms with Crippen molar-refractivity contribution in [3.8, 4) is 17.1 Å². The molecule has 2 fully saturated rings. The number of rotatable bonds is 4. The highest BCUT2D eigenvalue weighted by molar-refractivity contribution is 5.98. The summed E-state index contributed by atoms with van der Waals surface area (Å²) in [6, 6.07) is 2.84. The lowest BCUT2D eigenvalue weighted by Crippen LogP contribution is -2.28. The fraction of sp³-hybridized carbons (Fsp3) is 0.455. The SMILES string of the molecule is CNC(=O)c1cc(F)c(-c2cnc3cc(OC)c(C4CC4)nn23)nc1N.FC1CCNCC1. The summed E-state index contributed by atoms with van der Waals surface area (Å²) in [5.41, 5.74) is 7.50. The van der Waals surface area contributed by atoms with Crippen LogP contribution in [0, 0.1) is 5.82 Å². The summed E-state index contributed by atoms with van der Waals surface area (Å²) in [7, 11) is 3.03. The molecule has 11 heteroatoms. The van der Waals surface area contributed by atoms with Crippen LogP contribution in [0.15, 0.2) is 18.3 Å². The van der Waals surface area contributed by atoms with Gasteiger partial charge < -0.3 is 21.1 Å². The molecule has 1 amide bonds. The van der Waals surface area contributed by atoms with Crippen LogP contribution < -0.4 is 21.1 Å². The molecular weight excluding hydrogens is 432 g/mol. The van der Waals surface area contributed by atoms with E-state index in [1.165, 1.54) is 17.8 Å². The zero-order valence-electron chi connectivity index (χ0n) is 18.6. The van der Waals surface area contributed by atoms with E-state index in [0.29, 0.717) is 35.9 Å². The van der Waals surface area contributed by atoms with Crippen LogP contribution >= 0.6 is 0 Å². The molecule has 4 N–H and O–H groups in total. The second kappa shape index (κ2) is 9.65. The van der Waals surface area contributed by atoms with E-state index in [1.54, 1.807) is 13.2 Å².